The van der Waals surface area contributed by atoms with Crippen molar-refractivity contribution in [1.29, 1.82) is 0 Å². The van der Waals surface area contributed by atoms with E-state index in [4.69, 9.17) is 0 Å². The van der Waals surface area contributed by atoms with E-state index in [0.29, 0.717) is 18.0 Å². The molecule has 6 heteroatoms. The Balaban J connectivity index is 1.67. The van der Waals surface area contributed by atoms with Crippen LogP contribution in [0.15, 0.2) is 35.6 Å². The molecule has 0 amide bonds. The second-order valence-electron chi connectivity index (χ2n) is 5.91. The summed E-state index contributed by atoms with van der Waals surface area (Å²) in [6.45, 7) is 0.687. The van der Waals surface area contributed by atoms with Gasteiger partial charge in [0, 0.05) is 18.3 Å². The van der Waals surface area contributed by atoms with Crippen molar-refractivity contribution >= 4 is 10.0 Å². The average Bonchev–Trinajstić information content (AvgIpc) is 2.99. The van der Waals surface area contributed by atoms with Crippen molar-refractivity contribution in [2.75, 3.05) is 0 Å². The Labute approximate surface area is 130 Å². The van der Waals surface area contributed by atoms with E-state index < -0.39 is 10.0 Å². The molecule has 0 bridgehead atoms. The maximum Gasteiger partial charge on any atom is 0.243 e. The molecule has 0 spiro atoms. The normalized spacial score (nSPS) is 18.0. The van der Waals surface area contributed by atoms with Crippen LogP contribution >= 0.6 is 0 Å². The lowest BCUT2D eigenvalue weighted by molar-refractivity contribution is 0.429. The number of rotatable bonds is 2. The smallest absolute Gasteiger partial charge is 0.243 e. The number of sulfonamides is 1. The molecule has 1 aromatic heterocycles. The number of aromatic nitrogens is 2. The Morgan fingerprint density at radius 2 is 1.82 bits per heavy atom. The first-order chi connectivity index (χ1) is 10.6. The van der Waals surface area contributed by atoms with Gasteiger partial charge >= 0.3 is 0 Å². The maximum atomic E-state index is 12.9. The SMILES string of the molecule is O=S(=O)(c1ccc2c(c1)CCCC2)N1Cc2cncnc2C1. The van der Waals surface area contributed by atoms with Gasteiger partial charge in [0.2, 0.25) is 10.0 Å². The Bertz CT molecular complexity index is 808. The second kappa shape index (κ2) is 5.14. The van der Waals surface area contributed by atoms with E-state index in [9.17, 15) is 8.42 Å². The lowest BCUT2D eigenvalue weighted by Crippen LogP contribution is -2.26. The van der Waals surface area contributed by atoms with Gasteiger partial charge in [-0.15, -0.1) is 0 Å². The fourth-order valence-electron chi connectivity index (χ4n) is 3.26. The van der Waals surface area contributed by atoms with E-state index in [-0.39, 0.29) is 0 Å². The third-order valence-corrected chi connectivity index (χ3v) is 6.30. The molecule has 2 aromatic rings. The first-order valence-electron chi connectivity index (χ1n) is 7.54. The largest absolute Gasteiger partial charge is 0.244 e. The Hall–Kier alpha value is -1.79. The van der Waals surface area contributed by atoms with Crippen LogP contribution in [-0.2, 0) is 36.0 Å². The number of hydrogen-bond acceptors (Lipinski definition) is 4. The average molecular weight is 315 g/mol. The van der Waals surface area contributed by atoms with Crippen LogP contribution in [0.5, 0.6) is 0 Å². The first-order valence-corrected chi connectivity index (χ1v) is 8.98. The van der Waals surface area contributed by atoms with E-state index in [1.807, 2.05) is 12.1 Å². The molecule has 0 saturated carbocycles. The van der Waals surface area contributed by atoms with Crippen molar-refractivity contribution < 1.29 is 8.42 Å². The quantitative estimate of drug-likeness (QED) is 0.851. The zero-order valence-electron chi connectivity index (χ0n) is 12.2. The summed E-state index contributed by atoms with van der Waals surface area (Å²) in [5.74, 6) is 0. The van der Waals surface area contributed by atoms with Gasteiger partial charge in [-0.2, -0.15) is 4.31 Å². The van der Waals surface area contributed by atoms with E-state index in [2.05, 4.69) is 9.97 Å². The Morgan fingerprint density at radius 1 is 1.00 bits per heavy atom. The van der Waals surface area contributed by atoms with Gasteiger partial charge in [0.25, 0.3) is 0 Å². The molecule has 0 atom stereocenters. The molecule has 114 valence electrons. The van der Waals surface area contributed by atoms with Gasteiger partial charge in [-0.3, -0.25) is 0 Å². The molecule has 0 fully saturated rings. The molecule has 0 N–H and O–H groups in total. The summed E-state index contributed by atoms with van der Waals surface area (Å²) in [6.07, 6.45) is 7.53. The minimum absolute atomic E-state index is 0.331. The third-order valence-electron chi connectivity index (χ3n) is 4.51. The molecule has 1 aromatic carbocycles. The van der Waals surface area contributed by atoms with Crippen molar-refractivity contribution in [3.63, 3.8) is 0 Å². The number of aryl methyl sites for hydroxylation is 2. The molecule has 22 heavy (non-hydrogen) atoms. The molecule has 1 aliphatic carbocycles. The van der Waals surface area contributed by atoms with Crippen molar-refractivity contribution in [2.24, 2.45) is 0 Å². The topological polar surface area (TPSA) is 63.2 Å². The highest BCUT2D eigenvalue weighted by Crippen LogP contribution is 2.29. The van der Waals surface area contributed by atoms with Crippen LogP contribution in [0.4, 0.5) is 0 Å². The third kappa shape index (κ3) is 2.23. The van der Waals surface area contributed by atoms with Gasteiger partial charge in [-0.05, 0) is 48.9 Å². The zero-order chi connectivity index (χ0) is 15.2. The summed E-state index contributed by atoms with van der Waals surface area (Å²) in [6, 6.07) is 5.58. The molecule has 4 rings (SSSR count). The Kier molecular flexibility index (Phi) is 3.23. The van der Waals surface area contributed by atoms with Gasteiger partial charge < -0.3 is 0 Å². The summed E-state index contributed by atoms with van der Waals surface area (Å²) >= 11 is 0. The zero-order valence-corrected chi connectivity index (χ0v) is 13.0. The highest BCUT2D eigenvalue weighted by Gasteiger charge is 2.31. The molecule has 1 aliphatic heterocycles. The van der Waals surface area contributed by atoms with Crippen molar-refractivity contribution in [3.05, 3.63) is 53.1 Å². The summed E-state index contributed by atoms with van der Waals surface area (Å²) < 4.78 is 27.2. The van der Waals surface area contributed by atoms with Gasteiger partial charge in [0.15, 0.2) is 0 Å². The van der Waals surface area contributed by atoms with Gasteiger partial charge in [-0.25, -0.2) is 18.4 Å². The second-order valence-corrected chi connectivity index (χ2v) is 7.84. The first kappa shape index (κ1) is 13.8. The van der Waals surface area contributed by atoms with Crippen molar-refractivity contribution in [1.82, 2.24) is 14.3 Å². The lowest BCUT2D eigenvalue weighted by Gasteiger charge is -2.19. The van der Waals surface area contributed by atoms with Crippen LogP contribution in [0.3, 0.4) is 0 Å². The number of nitrogens with zero attached hydrogens (tertiary/aromatic N) is 3. The summed E-state index contributed by atoms with van der Waals surface area (Å²) in [5.41, 5.74) is 4.17. The summed E-state index contributed by atoms with van der Waals surface area (Å²) in [7, 11) is -3.47. The summed E-state index contributed by atoms with van der Waals surface area (Å²) in [4.78, 5) is 8.54. The monoisotopic (exact) mass is 315 g/mol. The van der Waals surface area contributed by atoms with Gasteiger partial charge in [0.1, 0.15) is 6.33 Å². The van der Waals surface area contributed by atoms with Crippen molar-refractivity contribution in [2.45, 2.75) is 43.7 Å². The fourth-order valence-corrected chi connectivity index (χ4v) is 4.69. The van der Waals surface area contributed by atoms with Crippen LogP contribution in [0, 0.1) is 0 Å². The van der Waals surface area contributed by atoms with E-state index >= 15 is 0 Å². The van der Waals surface area contributed by atoms with Gasteiger partial charge in [0.05, 0.1) is 17.1 Å². The lowest BCUT2D eigenvalue weighted by atomic mass is 9.92. The Morgan fingerprint density at radius 3 is 2.64 bits per heavy atom. The standard InChI is InChI=1S/C16H17N3O2S/c20-22(21,19-9-14-8-17-11-18-16(14)10-19)15-6-5-12-3-1-2-4-13(12)7-15/h5-8,11H,1-4,9-10H2. The molecule has 0 unspecified atom stereocenters. The predicted octanol–water partition coefficient (Wildman–Crippen LogP) is 2.06. The van der Waals surface area contributed by atoms with Crippen LogP contribution in [0.2, 0.25) is 0 Å². The molecular weight excluding hydrogens is 298 g/mol. The molecule has 2 aliphatic rings. The molecule has 0 saturated heterocycles. The minimum Gasteiger partial charge on any atom is -0.244 e. The molecule has 0 radical (unpaired) electrons. The molecular formula is C16H17N3O2S. The van der Waals surface area contributed by atoms with E-state index in [1.54, 1.807) is 12.3 Å². The highest BCUT2D eigenvalue weighted by atomic mass is 32.2. The van der Waals surface area contributed by atoms with Crippen LogP contribution < -0.4 is 0 Å². The van der Waals surface area contributed by atoms with Gasteiger partial charge in [-0.1, -0.05) is 6.07 Å². The van der Waals surface area contributed by atoms with Crippen LogP contribution in [0.1, 0.15) is 35.2 Å². The molecule has 2 heterocycles. The number of hydrogen-bond donors (Lipinski definition) is 0. The fraction of sp³-hybridized carbons (Fsp3) is 0.375. The summed E-state index contributed by atoms with van der Waals surface area (Å²) in [5, 5.41) is 0. The van der Waals surface area contributed by atoms with E-state index in [0.717, 1.165) is 30.5 Å². The van der Waals surface area contributed by atoms with Crippen molar-refractivity contribution in [3.8, 4) is 0 Å². The number of fused-ring (bicyclic) bond motifs is 2. The van der Waals surface area contributed by atoms with E-state index in [1.165, 1.54) is 28.2 Å². The predicted molar refractivity (Wildman–Crippen MR) is 81.5 cm³/mol. The number of benzene rings is 1. The molecule has 5 nitrogen and oxygen atoms in total. The highest BCUT2D eigenvalue weighted by molar-refractivity contribution is 7.89. The maximum absolute atomic E-state index is 12.9. The minimum atomic E-state index is -3.47. The van der Waals surface area contributed by atoms with Crippen LogP contribution in [0.25, 0.3) is 0 Å². The van der Waals surface area contributed by atoms with Crippen LogP contribution in [-0.4, -0.2) is 22.7 Å².